The Kier molecular flexibility index (Phi) is 5.62. The Labute approximate surface area is 198 Å². The Morgan fingerprint density at radius 3 is 2.71 bits per heavy atom. The van der Waals surface area contributed by atoms with Crippen molar-refractivity contribution in [3.8, 4) is 35.2 Å². The zero-order valence-electron chi connectivity index (χ0n) is 19.8. The van der Waals surface area contributed by atoms with Gasteiger partial charge in [-0.25, -0.2) is 4.98 Å². The smallest absolute Gasteiger partial charge is 0.156 e. The Morgan fingerprint density at radius 1 is 1.21 bits per heavy atom. The Bertz CT molecular complexity index is 1390. The topological polar surface area (TPSA) is 87.2 Å². The number of methoxy groups -OCH3 is 2. The van der Waals surface area contributed by atoms with E-state index in [9.17, 15) is 0 Å². The molecular formula is C26H27N5O3. The number of hydrogen-bond donors (Lipinski definition) is 1. The highest BCUT2D eigenvalue weighted by atomic mass is 16.5. The lowest BCUT2D eigenvalue weighted by molar-refractivity contribution is 0.385. The molecule has 0 radical (unpaired) electrons. The summed E-state index contributed by atoms with van der Waals surface area (Å²) in [5.74, 6) is 6.09. The van der Waals surface area contributed by atoms with Crippen LogP contribution in [0.4, 0.5) is 5.82 Å². The number of anilines is 1. The van der Waals surface area contributed by atoms with Crippen LogP contribution in [0, 0.1) is 12.3 Å². The van der Waals surface area contributed by atoms with Crippen LogP contribution >= 0.6 is 0 Å². The molecule has 1 saturated carbocycles. The first-order chi connectivity index (χ1) is 16.5. The molecule has 0 spiro atoms. The third-order valence-corrected chi connectivity index (χ3v) is 6.09. The van der Waals surface area contributed by atoms with Gasteiger partial charge in [0.25, 0.3) is 0 Å². The second-order valence-electron chi connectivity index (χ2n) is 8.66. The quantitative estimate of drug-likeness (QED) is 0.366. The summed E-state index contributed by atoms with van der Waals surface area (Å²) in [6.45, 7) is 4.68. The maximum absolute atomic E-state index is 5.90. The van der Waals surface area contributed by atoms with Crippen molar-refractivity contribution in [3.63, 3.8) is 0 Å². The van der Waals surface area contributed by atoms with E-state index in [1.54, 1.807) is 20.4 Å². The zero-order valence-corrected chi connectivity index (χ0v) is 19.8. The molecular weight excluding hydrogens is 430 g/mol. The van der Waals surface area contributed by atoms with E-state index in [1.165, 1.54) is 0 Å². The molecule has 4 aromatic rings. The van der Waals surface area contributed by atoms with Crippen molar-refractivity contribution in [1.29, 1.82) is 0 Å². The summed E-state index contributed by atoms with van der Waals surface area (Å²) >= 11 is 0. The minimum atomic E-state index is 0.136. The molecule has 8 nitrogen and oxygen atoms in total. The standard InChI is InChI=1S/C26H27N5O3/c1-6-19-23(30-34-25(19)16-7-8-16)24-22-20(31(29-24)15(2)3)11-12-27-26(22)28-14-17-9-10-18(32-4)13-21(17)33-5/h1,9-13,15-16H,7-8,14H2,2-5H3,(H,27,28). The molecule has 0 saturated heterocycles. The molecule has 5 rings (SSSR count). The van der Waals surface area contributed by atoms with Crippen molar-refractivity contribution in [1.82, 2.24) is 19.9 Å². The van der Waals surface area contributed by atoms with Crippen molar-refractivity contribution in [2.24, 2.45) is 0 Å². The monoisotopic (exact) mass is 457 g/mol. The van der Waals surface area contributed by atoms with Gasteiger partial charge in [0.15, 0.2) is 11.5 Å². The molecule has 8 heteroatoms. The van der Waals surface area contributed by atoms with Crippen molar-refractivity contribution >= 4 is 16.7 Å². The van der Waals surface area contributed by atoms with Gasteiger partial charge < -0.3 is 19.3 Å². The molecule has 0 unspecified atom stereocenters. The number of benzene rings is 1. The van der Waals surface area contributed by atoms with Crippen LogP contribution in [-0.4, -0.2) is 34.1 Å². The largest absolute Gasteiger partial charge is 0.497 e. The molecule has 174 valence electrons. The highest BCUT2D eigenvalue weighted by molar-refractivity contribution is 6.01. The van der Waals surface area contributed by atoms with Crippen molar-refractivity contribution < 1.29 is 14.0 Å². The molecule has 1 aliphatic rings. The summed E-state index contributed by atoms with van der Waals surface area (Å²) in [5.41, 5.74) is 3.87. The fourth-order valence-electron chi connectivity index (χ4n) is 4.19. The first-order valence-electron chi connectivity index (χ1n) is 11.3. The van der Waals surface area contributed by atoms with Crippen LogP contribution in [0.5, 0.6) is 11.5 Å². The second kappa shape index (κ2) is 8.75. The highest BCUT2D eigenvalue weighted by Gasteiger charge is 2.33. The average Bonchev–Trinajstić information content (AvgIpc) is 3.49. The normalized spacial score (nSPS) is 13.3. The summed E-state index contributed by atoms with van der Waals surface area (Å²) < 4.78 is 18.5. The third kappa shape index (κ3) is 3.73. The first-order valence-corrected chi connectivity index (χ1v) is 11.3. The summed E-state index contributed by atoms with van der Waals surface area (Å²) in [4.78, 5) is 4.64. The van der Waals surface area contributed by atoms with E-state index < -0.39 is 0 Å². The number of nitrogens with zero attached hydrogens (tertiary/aromatic N) is 4. The van der Waals surface area contributed by atoms with E-state index in [4.69, 9.17) is 25.5 Å². The van der Waals surface area contributed by atoms with E-state index in [0.717, 1.165) is 46.6 Å². The molecule has 1 aromatic carbocycles. The number of hydrogen-bond acceptors (Lipinski definition) is 7. The third-order valence-electron chi connectivity index (χ3n) is 6.09. The molecule has 3 heterocycles. The summed E-state index contributed by atoms with van der Waals surface area (Å²) in [5, 5.41) is 13.6. The van der Waals surface area contributed by atoms with Gasteiger partial charge in [-0.2, -0.15) is 5.10 Å². The molecule has 1 N–H and O–H groups in total. The lowest BCUT2D eigenvalue weighted by Gasteiger charge is -2.12. The van der Waals surface area contributed by atoms with Crippen LogP contribution < -0.4 is 14.8 Å². The summed E-state index contributed by atoms with van der Waals surface area (Å²) in [6, 6.07) is 7.84. The maximum atomic E-state index is 5.90. The van der Waals surface area contributed by atoms with Gasteiger partial charge in [-0.3, -0.25) is 4.68 Å². The number of nitrogens with one attached hydrogen (secondary N) is 1. The molecule has 0 aliphatic heterocycles. The van der Waals surface area contributed by atoms with E-state index in [-0.39, 0.29) is 6.04 Å². The minimum Gasteiger partial charge on any atom is -0.497 e. The van der Waals surface area contributed by atoms with E-state index in [2.05, 4.69) is 35.2 Å². The van der Waals surface area contributed by atoms with Crippen LogP contribution in [-0.2, 0) is 6.54 Å². The van der Waals surface area contributed by atoms with Crippen LogP contribution in [0.1, 0.15) is 55.5 Å². The fraction of sp³-hybridized carbons (Fsp3) is 0.346. The van der Waals surface area contributed by atoms with E-state index in [0.29, 0.717) is 35.2 Å². The van der Waals surface area contributed by atoms with Gasteiger partial charge in [0.2, 0.25) is 0 Å². The maximum Gasteiger partial charge on any atom is 0.156 e. The highest BCUT2D eigenvalue weighted by Crippen LogP contribution is 2.45. The van der Waals surface area contributed by atoms with Crippen molar-refractivity contribution in [2.75, 3.05) is 19.5 Å². The minimum absolute atomic E-state index is 0.136. The Hall–Kier alpha value is -3.99. The van der Waals surface area contributed by atoms with Gasteiger partial charge in [0.05, 0.1) is 30.7 Å². The molecule has 0 atom stereocenters. The van der Waals surface area contributed by atoms with Crippen LogP contribution in [0.3, 0.4) is 0 Å². The summed E-state index contributed by atoms with van der Waals surface area (Å²) in [6.07, 6.45) is 9.82. The number of pyridine rings is 1. The SMILES string of the molecule is C#Cc1c(-c2nn(C(C)C)c3ccnc(NCc4ccc(OC)cc4OC)c23)noc1C1CC1. The second-order valence-corrected chi connectivity index (χ2v) is 8.66. The van der Waals surface area contributed by atoms with Gasteiger partial charge in [0.1, 0.15) is 23.0 Å². The average molecular weight is 458 g/mol. The predicted molar refractivity (Wildman–Crippen MR) is 130 cm³/mol. The number of ether oxygens (including phenoxy) is 2. The molecule has 3 aromatic heterocycles. The molecule has 0 amide bonds. The molecule has 0 bridgehead atoms. The molecule has 34 heavy (non-hydrogen) atoms. The first kappa shape index (κ1) is 21.8. The van der Waals surface area contributed by atoms with Crippen LogP contribution in [0.25, 0.3) is 22.3 Å². The lowest BCUT2D eigenvalue weighted by Crippen LogP contribution is -2.05. The Balaban J connectivity index is 1.60. The molecule has 1 fully saturated rings. The van der Waals surface area contributed by atoms with E-state index >= 15 is 0 Å². The zero-order chi connectivity index (χ0) is 23.8. The Morgan fingerprint density at radius 2 is 2.03 bits per heavy atom. The van der Waals surface area contributed by atoms with E-state index in [1.807, 2.05) is 28.9 Å². The van der Waals surface area contributed by atoms with Gasteiger partial charge >= 0.3 is 0 Å². The summed E-state index contributed by atoms with van der Waals surface area (Å²) in [7, 11) is 3.28. The molecule has 1 aliphatic carbocycles. The van der Waals surface area contributed by atoms with Crippen molar-refractivity contribution in [3.05, 3.63) is 47.3 Å². The number of fused-ring (bicyclic) bond motifs is 1. The van der Waals surface area contributed by atoms with Gasteiger partial charge in [-0.15, -0.1) is 6.42 Å². The van der Waals surface area contributed by atoms with Gasteiger partial charge in [-0.05, 0) is 44.9 Å². The van der Waals surface area contributed by atoms with Gasteiger partial charge in [0, 0.05) is 36.3 Å². The van der Waals surface area contributed by atoms with Crippen LogP contribution in [0.2, 0.25) is 0 Å². The number of aromatic nitrogens is 4. The lowest BCUT2D eigenvalue weighted by atomic mass is 10.1. The number of rotatable bonds is 8. The predicted octanol–water partition coefficient (Wildman–Crippen LogP) is 5.16. The fourth-order valence-corrected chi connectivity index (χ4v) is 4.19. The number of terminal acetylenes is 1. The van der Waals surface area contributed by atoms with Crippen molar-refractivity contribution in [2.45, 2.75) is 45.2 Å². The van der Waals surface area contributed by atoms with Gasteiger partial charge in [-0.1, -0.05) is 11.1 Å². The van der Waals surface area contributed by atoms with Crippen LogP contribution in [0.15, 0.2) is 35.0 Å².